The third-order valence-corrected chi connectivity index (χ3v) is 6.99. The van der Waals surface area contributed by atoms with Gasteiger partial charge in [-0.3, -0.25) is 0 Å². The molecule has 1 aliphatic heterocycles. The van der Waals surface area contributed by atoms with Gasteiger partial charge >= 0.3 is 0 Å². The number of unbranched alkanes of at least 4 members (excludes halogenated alkanes) is 1. The SMILES string of the molecule is C=CCCCC(CC1(C)CCN(c2ncnc3[nH]ccc23)C1)C1CCCC1. The molecular weight excluding hydrogens is 332 g/mol. The van der Waals surface area contributed by atoms with Gasteiger partial charge in [0.05, 0.1) is 5.39 Å². The number of allylic oxidation sites excluding steroid dienone is 1. The van der Waals surface area contributed by atoms with E-state index in [1.807, 2.05) is 6.20 Å². The molecule has 27 heavy (non-hydrogen) atoms. The highest BCUT2D eigenvalue weighted by Crippen LogP contribution is 2.45. The van der Waals surface area contributed by atoms with Gasteiger partial charge < -0.3 is 9.88 Å². The Balaban J connectivity index is 1.46. The number of hydrogen-bond donors (Lipinski definition) is 1. The van der Waals surface area contributed by atoms with Crippen molar-refractivity contribution in [1.29, 1.82) is 0 Å². The Morgan fingerprint density at radius 1 is 1.37 bits per heavy atom. The fourth-order valence-corrected chi connectivity index (χ4v) is 5.57. The molecule has 0 aromatic carbocycles. The van der Waals surface area contributed by atoms with Gasteiger partial charge in [-0.05, 0) is 55.4 Å². The van der Waals surface area contributed by atoms with Gasteiger partial charge in [0.1, 0.15) is 17.8 Å². The summed E-state index contributed by atoms with van der Waals surface area (Å²) in [4.78, 5) is 14.7. The molecule has 4 rings (SSSR count). The first-order valence-electron chi connectivity index (χ1n) is 10.8. The third kappa shape index (κ3) is 4.04. The van der Waals surface area contributed by atoms with E-state index >= 15 is 0 Å². The van der Waals surface area contributed by atoms with Crippen molar-refractivity contribution in [2.75, 3.05) is 18.0 Å². The topological polar surface area (TPSA) is 44.8 Å². The minimum absolute atomic E-state index is 0.398. The van der Waals surface area contributed by atoms with Crippen LogP contribution in [0.2, 0.25) is 0 Å². The van der Waals surface area contributed by atoms with Crippen LogP contribution >= 0.6 is 0 Å². The quantitative estimate of drug-likeness (QED) is 0.479. The number of anilines is 1. The normalized spacial score (nSPS) is 24.7. The predicted octanol–water partition coefficient (Wildman–Crippen LogP) is 5.73. The summed E-state index contributed by atoms with van der Waals surface area (Å²) in [7, 11) is 0. The molecule has 2 aliphatic rings. The van der Waals surface area contributed by atoms with Gasteiger partial charge in [-0.25, -0.2) is 9.97 Å². The molecule has 0 bridgehead atoms. The molecule has 2 atom stereocenters. The van der Waals surface area contributed by atoms with Crippen LogP contribution in [0.4, 0.5) is 5.82 Å². The van der Waals surface area contributed by atoms with Crippen molar-refractivity contribution in [3.8, 4) is 0 Å². The van der Waals surface area contributed by atoms with E-state index in [2.05, 4.69) is 45.5 Å². The van der Waals surface area contributed by atoms with Crippen molar-refractivity contribution in [3.05, 3.63) is 31.2 Å². The van der Waals surface area contributed by atoms with Crippen molar-refractivity contribution in [2.45, 2.75) is 64.7 Å². The van der Waals surface area contributed by atoms with E-state index in [9.17, 15) is 0 Å². The molecule has 4 nitrogen and oxygen atoms in total. The molecule has 2 fully saturated rings. The summed E-state index contributed by atoms with van der Waals surface area (Å²) in [6.07, 6.45) is 18.0. The maximum absolute atomic E-state index is 4.63. The molecule has 0 amide bonds. The highest BCUT2D eigenvalue weighted by molar-refractivity contribution is 5.87. The second-order valence-corrected chi connectivity index (χ2v) is 9.15. The van der Waals surface area contributed by atoms with E-state index in [1.165, 1.54) is 57.8 Å². The van der Waals surface area contributed by atoms with E-state index in [0.717, 1.165) is 41.8 Å². The molecule has 1 saturated carbocycles. The number of nitrogens with zero attached hydrogens (tertiary/aromatic N) is 3. The van der Waals surface area contributed by atoms with Gasteiger partial charge in [0.2, 0.25) is 0 Å². The first-order chi connectivity index (χ1) is 13.2. The van der Waals surface area contributed by atoms with E-state index in [-0.39, 0.29) is 0 Å². The monoisotopic (exact) mass is 366 g/mol. The van der Waals surface area contributed by atoms with Gasteiger partial charge in [-0.2, -0.15) is 0 Å². The minimum Gasteiger partial charge on any atom is -0.355 e. The molecule has 0 radical (unpaired) electrons. The average molecular weight is 367 g/mol. The minimum atomic E-state index is 0.398. The number of aromatic nitrogens is 3. The number of rotatable bonds is 8. The number of hydrogen-bond acceptors (Lipinski definition) is 3. The molecular formula is C23H34N4. The van der Waals surface area contributed by atoms with Crippen molar-refractivity contribution >= 4 is 16.9 Å². The summed E-state index contributed by atoms with van der Waals surface area (Å²) >= 11 is 0. The highest BCUT2D eigenvalue weighted by Gasteiger charge is 2.38. The van der Waals surface area contributed by atoms with E-state index < -0.39 is 0 Å². The summed E-state index contributed by atoms with van der Waals surface area (Å²) in [6.45, 7) is 8.66. The Hall–Kier alpha value is -1.84. The molecule has 1 aliphatic carbocycles. The summed E-state index contributed by atoms with van der Waals surface area (Å²) in [5.74, 6) is 2.94. The van der Waals surface area contributed by atoms with Gasteiger partial charge in [0.15, 0.2) is 0 Å². The van der Waals surface area contributed by atoms with E-state index in [1.54, 1.807) is 6.33 Å². The average Bonchev–Trinajstić information content (AvgIpc) is 3.41. The maximum Gasteiger partial charge on any atom is 0.142 e. The van der Waals surface area contributed by atoms with Crippen molar-refractivity contribution in [3.63, 3.8) is 0 Å². The molecule has 4 heteroatoms. The molecule has 1 N–H and O–H groups in total. The first kappa shape index (κ1) is 18.5. The van der Waals surface area contributed by atoms with E-state index in [0.29, 0.717) is 5.41 Å². The molecule has 146 valence electrons. The Morgan fingerprint density at radius 3 is 3.04 bits per heavy atom. The van der Waals surface area contributed by atoms with Crippen LogP contribution in [-0.2, 0) is 0 Å². The Kier molecular flexibility index (Phi) is 5.51. The highest BCUT2D eigenvalue weighted by atomic mass is 15.2. The van der Waals surface area contributed by atoms with Crippen LogP contribution in [-0.4, -0.2) is 28.0 Å². The number of fused-ring (bicyclic) bond motifs is 1. The fourth-order valence-electron chi connectivity index (χ4n) is 5.57. The Labute approximate surface area is 163 Å². The molecule has 2 aromatic rings. The van der Waals surface area contributed by atoms with E-state index in [4.69, 9.17) is 0 Å². The summed E-state index contributed by atoms with van der Waals surface area (Å²) in [5.41, 5.74) is 1.34. The molecule has 1 saturated heterocycles. The summed E-state index contributed by atoms with van der Waals surface area (Å²) in [5, 5.41) is 1.15. The van der Waals surface area contributed by atoms with Gasteiger partial charge in [0, 0.05) is 19.3 Å². The number of H-pyrrole nitrogens is 1. The van der Waals surface area contributed by atoms with Crippen LogP contribution in [0.5, 0.6) is 0 Å². The van der Waals surface area contributed by atoms with Crippen molar-refractivity contribution in [2.24, 2.45) is 17.3 Å². The Bertz CT molecular complexity index is 761. The van der Waals surface area contributed by atoms with Crippen LogP contribution < -0.4 is 4.90 Å². The lowest BCUT2D eigenvalue weighted by molar-refractivity contribution is 0.196. The first-order valence-corrected chi connectivity index (χ1v) is 10.8. The van der Waals surface area contributed by atoms with Crippen LogP contribution in [0.25, 0.3) is 11.0 Å². The molecule has 3 heterocycles. The van der Waals surface area contributed by atoms with Crippen LogP contribution in [0.15, 0.2) is 31.2 Å². The smallest absolute Gasteiger partial charge is 0.142 e. The lowest BCUT2D eigenvalue weighted by atomic mass is 9.73. The van der Waals surface area contributed by atoms with Crippen LogP contribution in [0.1, 0.15) is 64.7 Å². The summed E-state index contributed by atoms with van der Waals surface area (Å²) in [6, 6.07) is 2.11. The lowest BCUT2D eigenvalue weighted by Crippen LogP contribution is -2.29. The zero-order chi connectivity index (χ0) is 18.7. The largest absolute Gasteiger partial charge is 0.355 e. The fraction of sp³-hybridized carbons (Fsp3) is 0.652. The second-order valence-electron chi connectivity index (χ2n) is 9.15. The predicted molar refractivity (Wildman–Crippen MR) is 113 cm³/mol. The molecule has 2 aromatic heterocycles. The zero-order valence-corrected chi connectivity index (χ0v) is 16.8. The summed E-state index contributed by atoms with van der Waals surface area (Å²) < 4.78 is 0. The molecule has 0 spiro atoms. The van der Waals surface area contributed by atoms with Gasteiger partial charge in [-0.1, -0.05) is 38.7 Å². The van der Waals surface area contributed by atoms with Crippen LogP contribution in [0, 0.1) is 17.3 Å². The zero-order valence-electron chi connectivity index (χ0n) is 16.8. The van der Waals surface area contributed by atoms with Gasteiger partial charge in [0.25, 0.3) is 0 Å². The standard InChI is InChI=1S/C23H34N4/c1-3-4-5-10-19(18-8-6-7-9-18)15-23(2)12-14-27(16-23)22-20-11-13-24-21(20)25-17-26-22/h3,11,13,17-19H,1,4-10,12,14-16H2,2H3,(H,24,25,26). The third-order valence-electron chi connectivity index (χ3n) is 6.99. The Morgan fingerprint density at radius 2 is 2.22 bits per heavy atom. The van der Waals surface area contributed by atoms with Crippen molar-refractivity contribution < 1.29 is 0 Å². The van der Waals surface area contributed by atoms with Gasteiger partial charge in [-0.15, -0.1) is 6.58 Å². The maximum atomic E-state index is 4.63. The number of nitrogens with one attached hydrogen (secondary N) is 1. The second kappa shape index (κ2) is 8.04. The number of aromatic amines is 1. The molecule has 2 unspecified atom stereocenters. The van der Waals surface area contributed by atoms with Crippen molar-refractivity contribution in [1.82, 2.24) is 15.0 Å². The lowest BCUT2D eigenvalue weighted by Gasteiger charge is -2.33. The van der Waals surface area contributed by atoms with Crippen LogP contribution in [0.3, 0.4) is 0 Å².